The van der Waals surface area contributed by atoms with Crippen LogP contribution in [0.1, 0.15) is 68.9 Å². The first-order valence-electron chi connectivity index (χ1n) is 15.1. The predicted octanol–water partition coefficient (Wildman–Crippen LogP) is 6.27. The Balaban J connectivity index is 0.000000838. The van der Waals surface area contributed by atoms with Crippen LogP contribution in [0.5, 0.6) is 11.5 Å². The molecule has 1 aliphatic heterocycles. The fourth-order valence-electron chi connectivity index (χ4n) is 5.42. The van der Waals surface area contributed by atoms with Gasteiger partial charge in [0, 0.05) is 12.6 Å². The number of amides is 2. The third kappa shape index (κ3) is 11.6. The average molecular weight is 643 g/mol. The molecule has 0 unspecified atom stereocenters. The fraction of sp³-hybridized carbons (Fsp3) is 0.531. The zero-order chi connectivity index (χ0) is 32.8. The van der Waals surface area contributed by atoms with E-state index in [1.165, 1.54) is 12.5 Å². The van der Waals surface area contributed by atoms with Crippen LogP contribution in [0, 0.1) is 11.6 Å². The number of aromatic hydroxyl groups is 1. The van der Waals surface area contributed by atoms with E-state index in [1.807, 2.05) is 11.0 Å². The Kier molecular flexibility index (Phi) is 14.0. The van der Waals surface area contributed by atoms with Gasteiger partial charge in [0.2, 0.25) is 12.2 Å². The second kappa shape index (κ2) is 17.7. The van der Waals surface area contributed by atoms with Crippen molar-refractivity contribution in [2.24, 2.45) is 0 Å². The minimum atomic E-state index is -4.64. The van der Waals surface area contributed by atoms with E-state index in [9.17, 15) is 36.6 Å². The molecule has 4 rings (SSSR count). The maximum Gasteiger partial charge on any atom is 0.446 e. The summed E-state index contributed by atoms with van der Waals surface area (Å²) in [6, 6.07) is 7.77. The number of anilines is 1. The minimum Gasteiger partial charge on any atom is -0.506 e. The number of alkyl halides is 3. The standard InChI is InChI=1S/C30H38F2N2O5.C2HF3O/c31-24-12-7-9-21(28(24)32)15-18-38-19-16-27(37)34(23-10-4-1-5-11-23)17-6-2-3-8-22-13-14-25(35)29-30(22)39-20-26(36)33-29;3-2(4,5)1-6/h7,9,12-14,23,35H,1-6,8,10-11,15-20H2,(H,33,36);1H. The van der Waals surface area contributed by atoms with Crippen molar-refractivity contribution in [3.63, 3.8) is 0 Å². The number of hydrogen-bond acceptors (Lipinski definition) is 6. The van der Waals surface area contributed by atoms with Gasteiger partial charge in [-0.2, -0.15) is 13.2 Å². The van der Waals surface area contributed by atoms with Crippen molar-refractivity contribution in [2.75, 3.05) is 31.7 Å². The molecule has 1 aliphatic carbocycles. The summed E-state index contributed by atoms with van der Waals surface area (Å²) in [6.45, 7) is 1.11. The highest BCUT2D eigenvalue weighted by Gasteiger charge is 2.26. The molecule has 1 saturated carbocycles. The normalized spacial score (nSPS) is 14.8. The van der Waals surface area contributed by atoms with Crippen molar-refractivity contribution in [1.82, 2.24) is 4.90 Å². The SMILES string of the molecule is O=C1COc2c(CCCCCN(C(=O)CCOCCc3cccc(F)c3F)C3CCCCC3)ccc(O)c2N1.O=CC(F)(F)F. The van der Waals surface area contributed by atoms with E-state index in [0.717, 1.165) is 63.0 Å². The molecule has 2 aliphatic rings. The molecular formula is C32H39F5N2O6. The summed E-state index contributed by atoms with van der Waals surface area (Å²) in [5.41, 5.74) is 1.55. The average Bonchev–Trinajstić information content (AvgIpc) is 3.02. The van der Waals surface area contributed by atoms with Gasteiger partial charge in [0.15, 0.2) is 24.0 Å². The van der Waals surface area contributed by atoms with E-state index >= 15 is 0 Å². The summed E-state index contributed by atoms with van der Waals surface area (Å²) >= 11 is 0. The smallest absolute Gasteiger partial charge is 0.446 e. The molecule has 0 bridgehead atoms. The molecule has 0 aromatic heterocycles. The number of halogens is 5. The van der Waals surface area contributed by atoms with Crippen molar-refractivity contribution in [3.8, 4) is 11.5 Å². The van der Waals surface area contributed by atoms with E-state index in [-0.39, 0.29) is 61.8 Å². The third-order valence-electron chi connectivity index (χ3n) is 7.65. The van der Waals surface area contributed by atoms with Crippen LogP contribution in [0.15, 0.2) is 30.3 Å². The number of carbonyl (C=O) groups is 3. The Hall–Kier alpha value is -3.74. The van der Waals surface area contributed by atoms with Crippen molar-refractivity contribution < 1.29 is 50.9 Å². The number of phenolic OH excluding ortho intramolecular Hbond substituents is 1. The van der Waals surface area contributed by atoms with Gasteiger partial charge in [-0.25, -0.2) is 8.78 Å². The van der Waals surface area contributed by atoms with E-state index < -0.39 is 24.1 Å². The number of hydrogen-bond donors (Lipinski definition) is 2. The molecule has 8 nitrogen and oxygen atoms in total. The topological polar surface area (TPSA) is 105 Å². The van der Waals surface area contributed by atoms with Gasteiger partial charge in [0.1, 0.15) is 11.4 Å². The summed E-state index contributed by atoms with van der Waals surface area (Å²) in [4.78, 5) is 35.5. The largest absolute Gasteiger partial charge is 0.506 e. The van der Waals surface area contributed by atoms with Crippen LogP contribution in [-0.2, 0) is 32.0 Å². The highest BCUT2D eigenvalue weighted by atomic mass is 19.4. The lowest BCUT2D eigenvalue weighted by Gasteiger charge is -2.34. The number of phenols is 1. The molecule has 0 radical (unpaired) electrons. The molecule has 45 heavy (non-hydrogen) atoms. The minimum absolute atomic E-state index is 0.00598. The Morgan fingerprint density at radius 1 is 1.02 bits per heavy atom. The summed E-state index contributed by atoms with van der Waals surface area (Å²) in [5, 5.41) is 12.7. The van der Waals surface area contributed by atoms with Gasteiger partial charge < -0.3 is 24.8 Å². The number of benzene rings is 2. The molecule has 0 atom stereocenters. The zero-order valence-corrected chi connectivity index (χ0v) is 25.0. The summed E-state index contributed by atoms with van der Waals surface area (Å²) in [7, 11) is 0. The van der Waals surface area contributed by atoms with Crippen LogP contribution in [0.25, 0.3) is 0 Å². The number of carbonyl (C=O) groups excluding carboxylic acids is 3. The number of aldehydes is 1. The summed E-state index contributed by atoms with van der Waals surface area (Å²) < 4.78 is 69.6. The van der Waals surface area contributed by atoms with E-state index in [0.29, 0.717) is 18.0 Å². The lowest BCUT2D eigenvalue weighted by molar-refractivity contribution is -0.156. The zero-order valence-electron chi connectivity index (χ0n) is 25.0. The molecule has 2 N–H and O–H groups in total. The molecule has 0 saturated heterocycles. The van der Waals surface area contributed by atoms with Gasteiger partial charge in [-0.3, -0.25) is 14.4 Å². The number of fused-ring (bicyclic) bond motifs is 1. The highest BCUT2D eigenvalue weighted by Crippen LogP contribution is 2.39. The number of ether oxygens (including phenoxy) is 2. The van der Waals surface area contributed by atoms with Gasteiger partial charge in [0.25, 0.3) is 5.91 Å². The number of aryl methyl sites for hydroxylation is 1. The monoisotopic (exact) mass is 642 g/mol. The van der Waals surface area contributed by atoms with E-state index in [4.69, 9.17) is 14.3 Å². The Labute approximate surface area is 258 Å². The van der Waals surface area contributed by atoms with E-state index in [2.05, 4.69) is 5.32 Å². The van der Waals surface area contributed by atoms with Crippen LogP contribution in [0.2, 0.25) is 0 Å². The second-order valence-electron chi connectivity index (χ2n) is 11.0. The van der Waals surface area contributed by atoms with Crippen molar-refractivity contribution in [3.05, 3.63) is 53.1 Å². The lowest BCUT2D eigenvalue weighted by Crippen LogP contribution is -2.42. The molecule has 2 aromatic carbocycles. The first kappa shape index (κ1) is 35.7. The molecule has 2 aromatic rings. The van der Waals surface area contributed by atoms with Crippen LogP contribution in [-0.4, -0.2) is 66.7 Å². The number of nitrogens with zero attached hydrogens (tertiary/aromatic N) is 1. The van der Waals surface area contributed by atoms with E-state index in [1.54, 1.807) is 12.1 Å². The van der Waals surface area contributed by atoms with Gasteiger partial charge in [-0.15, -0.1) is 0 Å². The van der Waals surface area contributed by atoms with Gasteiger partial charge in [0.05, 0.1) is 19.6 Å². The fourth-order valence-corrected chi connectivity index (χ4v) is 5.42. The Morgan fingerprint density at radius 2 is 1.76 bits per heavy atom. The molecule has 1 heterocycles. The maximum atomic E-state index is 13.8. The lowest BCUT2D eigenvalue weighted by atomic mass is 9.93. The molecule has 2 amide bonds. The van der Waals surface area contributed by atoms with Crippen LogP contribution in [0.3, 0.4) is 0 Å². The van der Waals surface area contributed by atoms with Crippen LogP contribution < -0.4 is 10.1 Å². The van der Waals surface area contributed by atoms with Crippen molar-refractivity contribution >= 4 is 23.8 Å². The second-order valence-corrected chi connectivity index (χ2v) is 11.0. The van der Waals surface area contributed by atoms with Crippen molar-refractivity contribution in [1.29, 1.82) is 0 Å². The molecule has 1 fully saturated rings. The quantitative estimate of drug-likeness (QED) is 0.116. The summed E-state index contributed by atoms with van der Waals surface area (Å²) in [5.74, 6) is -1.38. The predicted molar refractivity (Wildman–Crippen MR) is 156 cm³/mol. The van der Waals surface area contributed by atoms with Crippen LogP contribution in [0.4, 0.5) is 27.6 Å². The summed E-state index contributed by atoms with van der Waals surface area (Å²) in [6.07, 6.45) is 3.77. The maximum absolute atomic E-state index is 13.8. The highest BCUT2D eigenvalue weighted by molar-refractivity contribution is 5.97. The third-order valence-corrected chi connectivity index (χ3v) is 7.65. The van der Waals surface area contributed by atoms with Crippen LogP contribution >= 0.6 is 0 Å². The Morgan fingerprint density at radius 3 is 2.47 bits per heavy atom. The van der Waals surface area contributed by atoms with Gasteiger partial charge >= 0.3 is 6.18 Å². The number of rotatable bonds is 13. The molecule has 13 heteroatoms. The molecule has 0 spiro atoms. The van der Waals surface area contributed by atoms with Gasteiger partial charge in [-0.05, 0) is 61.8 Å². The molecular weight excluding hydrogens is 603 g/mol. The number of unbranched alkanes of at least 4 members (excludes halogenated alkanes) is 2. The van der Waals surface area contributed by atoms with Gasteiger partial charge in [-0.1, -0.05) is 43.9 Å². The number of nitrogens with one attached hydrogen (secondary N) is 1. The molecule has 248 valence electrons. The first-order valence-corrected chi connectivity index (χ1v) is 15.1. The van der Waals surface area contributed by atoms with Crippen molar-refractivity contribution in [2.45, 2.75) is 82.8 Å². The Bertz CT molecular complexity index is 1280. The first-order chi connectivity index (χ1) is 21.5.